The van der Waals surface area contributed by atoms with Crippen LogP contribution in [0.3, 0.4) is 0 Å². The average Bonchev–Trinajstić information content (AvgIpc) is 3.18. The molecule has 0 spiro atoms. The molecule has 0 heterocycles. The number of rotatable bonds is 34. The van der Waals surface area contributed by atoms with E-state index in [1.54, 1.807) is 0 Å². The fourth-order valence-electron chi connectivity index (χ4n) is 6.23. The van der Waals surface area contributed by atoms with Crippen LogP contribution in [0, 0.1) is 0 Å². The number of esters is 2. The molecular weight excluding hydrogens is 743 g/mol. The Morgan fingerprint density at radius 2 is 0.964 bits per heavy atom. The number of carbonyl (C=O) groups excluding carboxylic acids is 2. The molecule has 13 nitrogen and oxygen atoms in total. The number of unbranched alkanes of at least 4 members (excludes halogenated alkanes) is 16. The van der Waals surface area contributed by atoms with Gasteiger partial charge in [0, 0.05) is 12.8 Å². The molecule has 0 amide bonds. The Kier molecular flexibility index (Phi) is 30.7. The number of ether oxygens (including phenoxy) is 2. The molecule has 1 rings (SSSR count). The van der Waals surface area contributed by atoms with Gasteiger partial charge in [0.25, 0.3) is 0 Å². The predicted molar refractivity (Wildman–Crippen MR) is 216 cm³/mol. The van der Waals surface area contributed by atoms with Crippen LogP contribution in [0.1, 0.15) is 162 Å². The first kappa shape index (κ1) is 52.1. The zero-order valence-electron chi connectivity index (χ0n) is 34.2. The monoisotopic (exact) mass is 818 g/mol. The summed E-state index contributed by atoms with van der Waals surface area (Å²) in [5, 5.41) is 50.0. The van der Waals surface area contributed by atoms with Gasteiger partial charge in [0.1, 0.15) is 43.2 Å². The van der Waals surface area contributed by atoms with E-state index in [0.717, 1.165) is 51.4 Å². The molecule has 56 heavy (non-hydrogen) atoms. The summed E-state index contributed by atoms with van der Waals surface area (Å²) >= 11 is 0. The van der Waals surface area contributed by atoms with Gasteiger partial charge in [-0.05, 0) is 51.4 Å². The molecule has 1 saturated carbocycles. The van der Waals surface area contributed by atoms with Crippen molar-refractivity contribution in [1.29, 1.82) is 0 Å². The molecule has 326 valence electrons. The molecule has 0 radical (unpaired) electrons. The lowest BCUT2D eigenvalue weighted by Gasteiger charge is -2.41. The highest BCUT2D eigenvalue weighted by atomic mass is 31.2. The maximum absolute atomic E-state index is 12.8. The van der Waals surface area contributed by atoms with Gasteiger partial charge in [0.05, 0.1) is 6.61 Å². The summed E-state index contributed by atoms with van der Waals surface area (Å²) in [5.41, 5.74) is 0. The van der Waals surface area contributed by atoms with Crippen LogP contribution in [-0.2, 0) is 32.7 Å². The molecule has 6 unspecified atom stereocenters. The molecule has 1 fully saturated rings. The maximum Gasteiger partial charge on any atom is 0.472 e. The molecule has 0 aromatic carbocycles. The number of allylic oxidation sites excluding steroid dienone is 6. The molecule has 1 aliphatic carbocycles. The van der Waals surface area contributed by atoms with Crippen LogP contribution >= 0.6 is 7.82 Å². The lowest BCUT2D eigenvalue weighted by molar-refractivity contribution is -0.220. The standard InChI is InChI=1S/C42H75O13P/c1-3-5-7-9-11-13-15-17-18-19-21-23-25-27-29-31-36(44)54-34(32-52-35(43)30-28-26-24-22-20-16-14-12-10-8-6-4-2)33-53-56(50,51)55-42-40(48)38(46)37(45)39(47)41(42)49/h11,13,17-18,21,23,34,37-42,45-49H,3-10,12,14-16,19-20,22,24-33H2,1-2H3,(H,50,51)/b13-11+,18-17+,23-21+/t34-,37?,38+,39?,40?,41?,42?/m1/s1. The largest absolute Gasteiger partial charge is 0.472 e. The summed E-state index contributed by atoms with van der Waals surface area (Å²) < 4.78 is 33.4. The zero-order chi connectivity index (χ0) is 41.4. The van der Waals surface area contributed by atoms with E-state index in [0.29, 0.717) is 12.8 Å². The van der Waals surface area contributed by atoms with E-state index in [4.69, 9.17) is 18.5 Å². The van der Waals surface area contributed by atoms with Gasteiger partial charge in [0.2, 0.25) is 0 Å². The Bertz CT molecular complexity index is 1130. The SMILES string of the molecule is CCCCC/C=C/C/C=C/C/C=C/CCCCC(=O)O[C@H](COC(=O)CCCCCCCCCCCCCC)COP(=O)(O)OC1C(O)C(O)C(O)[C@H](O)C1O. The van der Waals surface area contributed by atoms with Crippen LogP contribution in [0.4, 0.5) is 0 Å². The number of aliphatic hydroxyl groups excluding tert-OH is 5. The van der Waals surface area contributed by atoms with E-state index in [-0.39, 0.29) is 12.8 Å². The van der Waals surface area contributed by atoms with Gasteiger partial charge < -0.3 is 39.9 Å². The minimum absolute atomic E-state index is 0.0491. The minimum Gasteiger partial charge on any atom is -0.462 e. The molecule has 0 saturated heterocycles. The summed E-state index contributed by atoms with van der Waals surface area (Å²) in [4.78, 5) is 35.5. The van der Waals surface area contributed by atoms with Gasteiger partial charge in [-0.2, -0.15) is 0 Å². The highest BCUT2D eigenvalue weighted by molar-refractivity contribution is 7.47. The van der Waals surface area contributed by atoms with Crippen molar-refractivity contribution < 1.29 is 63.1 Å². The van der Waals surface area contributed by atoms with Gasteiger partial charge in [0.15, 0.2) is 6.10 Å². The third kappa shape index (κ3) is 25.4. The van der Waals surface area contributed by atoms with Crippen LogP contribution in [0.2, 0.25) is 0 Å². The van der Waals surface area contributed by atoms with E-state index in [9.17, 15) is 44.6 Å². The molecule has 14 heteroatoms. The Morgan fingerprint density at radius 3 is 1.50 bits per heavy atom. The Labute approximate surface area is 336 Å². The van der Waals surface area contributed by atoms with Crippen molar-refractivity contribution in [3.63, 3.8) is 0 Å². The highest BCUT2D eigenvalue weighted by Gasteiger charge is 2.51. The van der Waals surface area contributed by atoms with Crippen LogP contribution in [0.25, 0.3) is 0 Å². The van der Waals surface area contributed by atoms with Crippen molar-refractivity contribution >= 4 is 19.8 Å². The quantitative estimate of drug-likeness (QED) is 0.0162. The summed E-state index contributed by atoms with van der Waals surface area (Å²) in [6.07, 6.45) is 22.1. The molecule has 6 N–H and O–H groups in total. The summed E-state index contributed by atoms with van der Waals surface area (Å²) in [7, 11) is -5.12. The molecule has 1 aliphatic rings. The van der Waals surface area contributed by atoms with Gasteiger partial charge in [-0.25, -0.2) is 4.57 Å². The molecule has 8 atom stereocenters. The predicted octanol–water partition coefficient (Wildman–Crippen LogP) is 7.44. The highest BCUT2D eigenvalue weighted by Crippen LogP contribution is 2.47. The normalized spacial score (nSPS) is 23.2. The first-order chi connectivity index (χ1) is 26.9. The van der Waals surface area contributed by atoms with E-state index in [1.165, 1.54) is 70.6 Å². The smallest absolute Gasteiger partial charge is 0.462 e. The van der Waals surface area contributed by atoms with E-state index >= 15 is 0 Å². The number of hydrogen-bond acceptors (Lipinski definition) is 12. The van der Waals surface area contributed by atoms with Crippen molar-refractivity contribution in [3.8, 4) is 0 Å². The zero-order valence-corrected chi connectivity index (χ0v) is 35.1. The lowest BCUT2D eigenvalue weighted by Crippen LogP contribution is -2.64. The van der Waals surface area contributed by atoms with Crippen molar-refractivity contribution in [2.24, 2.45) is 0 Å². The minimum atomic E-state index is -5.12. The first-order valence-electron chi connectivity index (χ1n) is 21.3. The molecule has 0 aromatic heterocycles. The second kappa shape index (κ2) is 33.0. The fourth-order valence-corrected chi connectivity index (χ4v) is 7.21. The summed E-state index contributed by atoms with van der Waals surface area (Å²) in [6.45, 7) is 3.21. The molecular formula is C42H75O13P. The second-order valence-corrected chi connectivity index (χ2v) is 16.3. The van der Waals surface area contributed by atoms with Crippen molar-refractivity contribution in [1.82, 2.24) is 0 Å². The third-order valence-corrected chi connectivity index (χ3v) is 10.7. The van der Waals surface area contributed by atoms with E-state index in [2.05, 4.69) is 50.3 Å². The molecule has 0 aromatic rings. The Hall–Kier alpha value is -1.93. The maximum atomic E-state index is 12.8. The number of carbonyl (C=O) groups is 2. The lowest BCUT2D eigenvalue weighted by atomic mass is 9.85. The topological polar surface area (TPSA) is 210 Å². The molecule has 0 aliphatic heterocycles. The van der Waals surface area contributed by atoms with Gasteiger partial charge >= 0.3 is 19.8 Å². The Balaban J connectivity index is 2.54. The van der Waals surface area contributed by atoms with Crippen LogP contribution in [0.5, 0.6) is 0 Å². The summed E-state index contributed by atoms with van der Waals surface area (Å²) in [5.74, 6) is -1.14. The fraction of sp³-hybridized carbons (Fsp3) is 0.810. The number of aliphatic hydroxyl groups is 5. The number of phosphoric ester groups is 1. The van der Waals surface area contributed by atoms with Gasteiger partial charge in [-0.3, -0.25) is 18.6 Å². The van der Waals surface area contributed by atoms with Gasteiger partial charge in [-0.1, -0.05) is 134 Å². The third-order valence-electron chi connectivity index (χ3n) is 9.73. The van der Waals surface area contributed by atoms with E-state index in [1.807, 2.05) is 0 Å². The van der Waals surface area contributed by atoms with Crippen LogP contribution in [-0.4, -0.2) is 98.3 Å². The van der Waals surface area contributed by atoms with Crippen LogP contribution < -0.4 is 0 Å². The number of phosphoric acid groups is 1. The van der Waals surface area contributed by atoms with Crippen molar-refractivity contribution in [2.45, 2.75) is 204 Å². The number of hydrogen-bond donors (Lipinski definition) is 6. The van der Waals surface area contributed by atoms with E-state index < -0.39 is 75.7 Å². The van der Waals surface area contributed by atoms with Crippen LogP contribution in [0.15, 0.2) is 36.5 Å². The van der Waals surface area contributed by atoms with Gasteiger partial charge in [-0.15, -0.1) is 0 Å². The van der Waals surface area contributed by atoms with Crippen molar-refractivity contribution in [3.05, 3.63) is 36.5 Å². The van der Waals surface area contributed by atoms with Crippen molar-refractivity contribution in [2.75, 3.05) is 13.2 Å². The first-order valence-corrected chi connectivity index (χ1v) is 22.8. The average molecular weight is 819 g/mol. The Morgan fingerprint density at radius 1 is 0.554 bits per heavy atom. The summed E-state index contributed by atoms with van der Waals surface area (Å²) in [6, 6.07) is 0. The second-order valence-electron chi connectivity index (χ2n) is 14.8. The molecule has 0 bridgehead atoms.